The molecule has 8 heteroatoms. The number of morpholine rings is 1. The lowest BCUT2D eigenvalue weighted by molar-refractivity contribution is -0.121. The summed E-state index contributed by atoms with van der Waals surface area (Å²) in [5.74, 6) is 1.97. The molecule has 2 aliphatic carbocycles. The maximum Gasteiger partial charge on any atom is 0.229 e. The van der Waals surface area contributed by atoms with Crippen LogP contribution in [0.2, 0.25) is 0 Å². The molecule has 1 saturated heterocycles. The number of nitrogens with two attached hydrogens (primary N) is 1. The lowest BCUT2D eigenvalue weighted by atomic mass is 9.84. The van der Waals surface area contributed by atoms with Crippen molar-refractivity contribution in [1.82, 2.24) is 4.98 Å². The minimum Gasteiger partial charge on any atom is -0.378 e. The zero-order valence-electron chi connectivity index (χ0n) is 14.1. The van der Waals surface area contributed by atoms with E-state index in [-0.39, 0.29) is 42.7 Å². The lowest BCUT2D eigenvalue weighted by Gasteiger charge is -2.28. The summed E-state index contributed by atoms with van der Waals surface area (Å²) in [6.45, 7) is 3.20. The molecule has 4 rings (SSSR count). The fraction of sp³-hybridized carbons (Fsp3) is 0.647. The van der Waals surface area contributed by atoms with Crippen molar-refractivity contribution in [2.24, 2.45) is 23.5 Å². The molecular weight excluding hydrogens is 363 g/mol. The smallest absolute Gasteiger partial charge is 0.229 e. The van der Waals surface area contributed by atoms with Gasteiger partial charge in [0.25, 0.3) is 0 Å². The second-order valence-corrected chi connectivity index (χ2v) is 6.93. The number of pyridine rings is 1. The molecule has 4 unspecified atom stereocenters. The first-order valence-electron chi connectivity index (χ1n) is 8.57. The summed E-state index contributed by atoms with van der Waals surface area (Å²) in [4.78, 5) is 19.2. The van der Waals surface area contributed by atoms with E-state index in [2.05, 4.69) is 15.2 Å². The van der Waals surface area contributed by atoms with Gasteiger partial charge in [0.15, 0.2) is 0 Å². The van der Waals surface area contributed by atoms with Crippen molar-refractivity contribution in [3.8, 4) is 0 Å². The highest BCUT2D eigenvalue weighted by atomic mass is 35.5. The molecule has 1 aromatic heterocycles. The maximum absolute atomic E-state index is 12.6. The summed E-state index contributed by atoms with van der Waals surface area (Å²) in [5, 5.41) is 3.00. The zero-order chi connectivity index (χ0) is 15.8. The van der Waals surface area contributed by atoms with E-state index in [0.29, 0.717) is 11.8 Å². The summed E-state index contributed by atoms with van der Waals surface area (Å²) in [6, 6.07) is 3.91. The van der Waals surface area contributed by atoms with Crippen molar-refractivity contribution >= 4 is 42.2 Å². The number of anilines is 2. The monoisotopic (exact) mass is 388 g/mol. The van der Waals surface area contributed by atoms with Crippen LogP contribution in [-0.4, -0.2) is 43.2 Å². The number of nitrogens with one attached hydrogen (secondary N) is 1. The number of carbonyl (C=O) groups is 1. The summed E-state index contributed by atoms with van der Waals surface area (Å²) < 4.78 is 5.35. The molecule has 2 bridgehead atoms. The van der Waals surface area contributed by atoms with Gasteiger partial charge in [-0.15, -0.1) is 24.8 Å². The van der Waals surface area contributed by atoms with Gasteiger partial charge in [-0.05, 0) is 43.2 Å². The number of carbonyl (C=O) groups excluding carboxylic acids is 1. The molecule has 3 N–H and O–H groups in total. The van der Waals surface area contributed by atoms with E-state index >= 15 is 0 Å². The van der Waals surface area contributed by atoms with Gasteiger partial charge >= 0.3 is 0 Å². The van der Waals surface area contributed by atoms with Gasteiger partial charge in [0.05, 0.1) is 31.0 Å². The molecule has 1 amide bonds. The molecule has 2 saturated carbocycles. The van der Waals surface area contributed by atoms with Crippen LogP contribution in [0.3, 0.4) is 0 Å². The van der Waals surface area contributed by atoms with Gasteiger partial charge in [-0.25, -0.2) is 4.98 Å². The highest BCUT2D eigenvalue weighted by Gasteiger charge is 2.49. The second kappa shape index (κ2) is 8.54. The van der Waals surface area contributed by atoms with Gasteiger partial charge in [-0.2, -0.15) is 0 Å². The van der Waals surface area contributed by atoms with Gasteiger partial charge in [-0.3, -0.25) is 4.79 Å². The normalized spacial score (nSPS) is 30.4. The van der Waals surface area contributed by atoms with Crippen LogP contribution in [0.4, 0.5) is 11.5 Å². The number of nitrogens with zero attached hydrogens (tertiary/aromatic N) is 2. The van der Waals surface area contributed by atoms with Gasteiger partial charge < -0.3 is 20.7 Å². The SMILES string of the molecule is Cl.Cl.NC1C2CCC(C2)C1C(=O)Nc1ccc(N2CCOCC2)nc1. The van der Waals surface area contributed by atoms with E-state index in [9.17, 15) is 4.79 Å². The van der Waals surface area contributed by atoms with Gasteiger partial charge in [0.1, 0.15) is 5.82 Å². The number of fused-ring (bicyclic) bond motifs is 2. The van der Waals surface area contributed by atoms with Crippen LogP contribution in [0.15, 0.2) is 18.3 Å². The molecule has 0 radical (unpaired) electrons. The van der Waals surface area contributed by atoms with E-state index in [1.165, 1.54) is 6.42 Å². The lowest BCUT2D eigenvalue weighted by Crippen LogP contribution is -2.42. The molecule has 1 aromatic rings. The van der Waals surface area contributed by atoms with Gasteiger partial charge in [0, 0.05) is 19.1 Å². The van der Waals surface area contributed by atoms with Crippen molar-refractivity contribution < 1.29 is 9.53 Å². The first kappa shape index (κ1) is 20.2. The Bertz CT molecular complexity index is 579. The predicted octanol–water partition coefficient (Wildman–Crippen LogP) is 2.07. The van der Waals surface area contributed by atoms with Crippen molar-refractivity contribution in [1.29, 1.82) is 0 Å². The Labute approximate surface area is 160 Å². The molecular formula is C17H26Cl2N4O2. The van der Waals surface area contributed by atoms with Crippen LogP contribution in [-0.2, 0) is 9.53 Å². The summed E-state index contributed by atoms with van der Waals surface area (Å²) in [6.07, 6.45) is 5.19. The summed E-state index contributed by atoms with van der Waals surface area (Å²) in [5.41, 5.74) is 7.00. The molecule has 1 aliphatic heterocycles. The van der Waals surface area contributed by atoms with E-state index in [4.69, 9.17) is 10.5 Å². The van der Waals surface area contributed by atoms with Crippen molar-refractivity contribution in [2.75, 3.05) is 36.5 Å². The summed E-state index contributed by atoms with van der Waals surface area (Å²) >= 11 is 0. The van der Waals surface area contributed by atoms with E-state index in [1.54, 1.807) is 6.20 Å². The predicted molar refractivity (Wildman–Crippen MR) is 103 cm³/mol. The van der Waals surface area contributed by atoms with Gasteiger partial charge in [-0.1, -0.05) is 0 Å². The van der Waals surface area contributed by atoms with Crippen molar-refractivity contribution in [3.05, 3.63) is 18.3 Å². The first-order valence-corrected chi connectivity index (χ1v) is 8.57. The topological polar surface area (TPSA) is 80.5 Å². The zero-order valence-corrected chi connectivity index (χ0v) is 15.7. The number of halogens is 2. The van der Waals surface area contributed by atoms with Crippen molar-refractivity contribution in [2.45, 2.75) is 25.3 Å². The van der Waals surface area contributed by atoms with Crippen LogP contribution < -0.4 is 16.0 Å². The van der Waals surface area contributed by atoms with Crippen molar-refractivity contribution in [3.63, 3.8) is 0 Å². The quantitative estimate of drug-likeness (QED) is 0.828. The third-order valence-corrected chi connectivity index (χ3v) is 5.63. The molecule has 0 spiro atoms. The average Bonchev–Trinajstić information content (AvgIpc) is 3.17. The highest BCUT2D eigenvalue weighted by Crippen LogP contribution is 2.47. The minimum absolute atomic E-state index is 0. The highest BCUT2D eigenvalue weighted by molar-refractivity contribution is 5.93. The molecule has 6 nitrogen and oxygen atoms in total. The first-order chi connectivity index (χ1) is 11.2. The Kier molecular flexibility index (Phi) is 6.91. The Hall–Kier alpha value is -1.08. The van der Waals surface area contributed by atoms with Crippen LogP contribution >= 0.6 is 24.8 Å². The fourth-order valence-corrected chi connectivity index (χ4v) is 4.39. The number of amides is 1. The number of rotatable bonds is 3. The third-order valence-electron chi connectivity index (χ3n) is 5.63. The summed E-state index contributed by atoms with van der Waals surface area (Å²) in [7, 11) is 0. The van der Waals surface area contributed by atoms with Crippen LogP contribution in [0, 0.1) is 17.8 Å². The fourth-order valence-electron chi connectivity index (χ4n) is 4.39. The molecule has 0 aromatic carbocycles. The Balaban J connectivity index is 0.00000113. The Morgan fingerprint density at radius 2 is 1.92 bits per heavy atom. The number of aromatic nitrogens is 1. The molecule has 4 atom stereocenters. The molecule has 3 aliphatic rings. The molecule has 3 fully saturated rings. The molecule has 25 heavy (non-hydrogen) atoms. The number of hydrogen-bond donors (Lipinski definition) is 2. The number of ether oxygens (including phenoxy) is 1. The minimum atomic E-state index is -0.0346. The van der Waals surface area contributed by atoms with Crippen LogP contribution in [0.1, 0.15) is 19.3 Å². The van der Waals surface area contributed by atoms with E-state index in [0.717, 1.165) is 50.7 Å². The maximum atomic E-state index is 12.6. The third kappa shape index (κ3) is 4.03. The second-order valence-electron chi connectivity index (χ2n) is 6.93. The van der Waals surface area contributed by atoms with Crippen LogP contribution in [0.5, 0.6) is 0 Å². The standard InChI is InChI=1S/C17H24N4O2.2ClH/c18-16-12-2-1-11(9-12)15(16)17(22)20-13-3-4-14(19-10-13)21-5-7-23-8-6-21;;/h3-4,10-12,15-16H,1-2,5-9,18H2,(H,20,22);2*1H. The molecule has 2 heterocycles. The Morgan fingerprint density at radius 3 is 2.52 bits per heavy atom. The molecule has 140 valence electrons. The average molecular weight is 389 g/mol. The largest absolute Gasteiger partial charge is 0.378 e. The Morgan fingerprint density at radius 1 is 1.20 bits per heavy atom. The van der Waals surface area contributed by atoms with E-state index < -0.39 is 0 Å². The van der Waals surface area contributed by atoms with Gasteiger partial charge in [0.2, 0.25) is 5.91 Å². The van der Waals surface area contributed by atoms with Crippen LogP contribution in [0.25, 0.3) is 0 Å². The van der Waals surface area contributed by atoms with E-state index in [1.807, 2.05) is 12.1 Å². The number of hydrogen-bond acceptors (Lipinski definition) is 5.